The van der Waals surface area contributed by atoms with Crippen molar-refractivity contribution in [1.29, 1.82) is 5.26 Å². The quantitative estimate of drug-likeness (QED) is 0.898. The van der Waals surface area contributed by atoms with Gasteiger partial charge in [0.1, 0.15) is 11.1 Å². The molecule has 86 valence electrons. The number of hydrogen-bond donors (Lipinski definition) is 1. The van der Waals surface area contributed by atoms with Gasteiger partial charge in [-0.15, -0.1) is 11.3 Å². The molecule has 1 N–H and O–H groups in total. The van der Waals surface area contributed by atoms with Crippen LogP contribution in [0.3, 0.4) is 0 Å². The Morgan fingerprint density at radius 1 is 1.53 bits per heavy atom. The van der Waals surface area contributed by atoms with Gasteiger partial charge in [-0.25, -0.2) is 4.98 Å². The zero-order chi connectivity index (χ0) is 12.1. The number of thiazole rings is 1. The van der Waals surface area contributed by atoms with Crippen LogP contribution >= 0.6 is 11.3 Å². The van der Waals surface area contributed by atoms with E-state index in [1.54, 1.807) is 36.0 Å². The van der Waals surface area contributed by atoms with Crippen LogP contribution in [0.25, 0.3) is 0 Å². The average molecular weight is 244 g/mol. The standard InChI is InChI=1S/C12H12N4S/c1-2-10(12-15-5-6-17-12)16-11-8-14-4-3-9(11)7-13/h3-6,8,10,16H,2H2,1H3. The number of hydrogen-bond acceptors (Lipinski definition) is 5. The van der Waals surface area contributed by atoms with Crippen LogP contribution in [0.1, 0.15) is 30.0 Å². The van der Waals surface area contributed by atoms with Crippen molar-refractivity contribution in [2.75, 3.05) is 5.32 Å². The summed E-state index contributed by atoms with van der Waals surface area (Å²) in [4.78, 5) is 8.32. The molecular formula is C12H12N4S. The van der Waals surface area contributed by atoms with Crippen molar-refractivity contribution in [3.63, 3.8) is 0 Å². The van der Waals surface area contributed by atoms with Crippen molar-refractivity contribution in [2.45, 2.75) is 19.4 Å². The lowest BCUT2D eigenvalue weighted by Crippen LogP contribution is -2.10. The molecule has 1 unspecified atom stereocenters. The van der Waals surface area contributed by atoms with E-state index in [0.29, 0.717) is 5.56 Å². The van der Waals surface area contributed by atoms with Gasteiger partial charge in [-0.1, -0.05) is 6.92 Å². The van der Waals surface area contributed by atoms with Gasteiger partial charge in [0.05, 0.1) is 23.5 Å². The van der Waals surface area contributed by atoms with Crippen LogP contribution in [0, 0.1) is 11.3 Å². The molecule has 4 nitrogen and oxygen atoms in total. The van der Waals surface area contributed by atoms with Crippen LogP contribution in [0.15, 0.2) is 30.0 Å². The predicted molar refractivity (Wildman–Crippen MR) is 67.7 cm³/mol. The Morgan fingerprint density at radius 2 is 2.41 bits per heavy atom. The van der Waals surface area contributed by atoms with Crippen LogP contribution < -0.4 is 5.32 Å². The van der Waals surface area contributed by atoms with Crippen molar-refractivity contribution in [3.8, 4) is 6.07 Å². The first-order chi connectivity index (χ1) is 8.35. The summed E-state index contributed by atoms with van der Waals surface area (Å²) in [6, 6.07) is 3.99. The minimum atomic E-state index is 0.131. The third kappa shape index (κ3) is 2.60. The average Bonchev–Trinajstić information content (AvgIpc) is 2.90. The highest BCUT2D eigenvalue weighted by molar-refractivity contribution is 7.09. The SMILES string of the molecule is CCC(Nc1cnccc1C#N)c1nccs1. The molecule has 1 atom stereocenters. The van der Waals surface area contributed by atoms with Gasteiger partial charge in [-0.3, -0.25) is 4.98 Å². The van der Waals surface area contributed by atoms with E-state index in [1.165, 1.54) is 0 Å². The van der Waals surface area contributed by atoms with E-state index in [-0.39, 0.29) is 6.04 Å². The van der Waals surface area contributed by atoms with Gasteiger partial charge in [-0.2, -0.15) is 5.26 Å². The van der Waals surface area contributed by atoms with Gasteiger partial charge < -0.3 is 5.32 Å². The van der Waals surface area contributed by atoms with Gasteiger partial charge in [-0.05, 0) is 12.5 Å². The van der Waals surface area contributed by atoms with Crippen LogP contribution in [0.4, 0.5) is 5.69 Å². The fraction of sp³-hybridized carbons (Fsp3) is 0.250. The van der Waals surface area contributed by atoms with Crippen LogP contribution in [-0.4, -0.2) is 9.97 Å². The molecule has 2 rings (SSSR count). The summed E-state index contributed by atoms with van der Waals surface area (Å²) in [5, 5.41) is 15.3. The normalized spacial score (nSPS) is 11.8. The number of nitrogens with one attached hydrogen (secondary N) is 1. The van der Waals surface area contributed by atoms with Crippen molar-refractivity contribution in [1.82, 2.24) is 9.97 Å². The molecule has 2 aromatic heterocycles. The van der Waals surface area contributed by atoms with Crippen molar-refractivity contribution < 1.29 is 0 Å². The molecule has 0 aliphatic carbocycles. The Kier molecular flexibility index (Phi) is 3.68. The van der Waals surface area contributed by atoms with E-state index < -0.39 is 0 Å². The molecule has 0 bridgehead atoms. The Bertz CT molecular complexity index is 516. The number of nitriles is 1. The summed E-state index contributed by atoms with van der Waals surface area (Å²) in [7, 11) is 0. The smallest absolute Gasteiger partial charge is 0.115 e. The van der Waals surface area contributed by atoms with Crippen molar-refractivity contribution in [2.24, 2.45) is 0 Å². The highest BCUT2D eigenvalue weighted by Crippen LogP contribution is 2.25. The Labute approximate surface area is 104 Å². The van der Waals surface area contributed by atoms with E-state index in [0.717, 1.165) is 17.1 Å². The van der Waals surface area contributed by atoms with E-state index >= 15 is 0 Å². The second kappa shape index (κ2) is 5.41. The lowest BCUT2D eigenvalue weighted by molar-refractivity contribution is 0.741. The molecule has 0 aromatic carbocycles. The maximum atomic E-state index is 9.00. The van der Waals surface area contributed by atoms with Crippen molar-refractivity contribution >= 4 is 17.0 Å². The second-order valence-corrected chi connectivity index (χ2v) is 4.43. The van der Waals surface area contributed by atoms with Gasteiger partial charge >= 0.3 is 0 Å². The third-order valence-corrected chi connectivity index (χ3v) is 3.32. The molecule has 0 saturated carbocycles. The van der Waals surface area contributed by atoms with Gasteiger partial charge in [0.15, 0.2) is 0 Å². The minimum absolute atomic E-state index is 0.131. The van der Waals surface area contributed by atoms with E-state index in [1.807, 2.05) is 5.38 Å². The Morgan fingerprint density at radius 3 is 3.06 bits per heavy atom. The number of nitrogens with zero attached hydrogens (tertiary/aromatic N) is 3. The van der Waals surface area contributed by atoms with Gasteiger partial charge in [0, 0.05) is 17.8 Å². The molecule has 2 aromatic rings. The largest absolute Gasteiger partial charge is 0.373 e. The molecule has 2 heterocycles. The number of aromatic nitrogens is 2. The summed E-state index contributed by atoms with van der Waals surface area (Å²) in [6.45, 7) is 2.08. The molecule has 0 aliphatic heterocycles. The molecular weight excluding hydrogens is 232 g/mol. The molecule has 0 amide bonds. The molecule has 0 fully saturated rings. The molecule has 0 radical (unpaired) electrons. The first kappa shape index (κ1) is 11.6. The molecule has 0 spiro atoms. The first-order valence-electron chi connectivity index (χ1n) is 5.35. The summed E-state index contributed by atoms with van der Waals surface area (Å²) in [5.41, 5.74) is 1.37. The maximum absolute atomic E-state index is 9.00. The van der Waals surface area contributed by atoms with Gasteiger partial charge in [0.25, 0.3) is 0 Å². The minimum Gasteiger partial charge on any atom is -0.373 e. The predicted octanol–water partition coefficient (Wildman–Crippen LogP) is 2.97. The second-order valence-electron chi connectivity index (χ2n) is 3.51. The Balaban J connectivity index is 2.22. The Hall–Kier alpha value is -1.93. The fourth-order valence-electron chi connectivity index (χ4n) is 1.54. The van der Waals surface area contributed by atoms with E-state index in [2.05, 4.69) is 28.3 Å². The molecule has 0 saturated heterocycles. The zero-order valence-electron chi connectivity index (χ0n) is 9.42. The summed E-state index contributed by atoms with van der Waals surface area (Å²) < 4.78 is 0. The molecule has 5 heteroatoms. The zero-order valence-corrected chi connectivity index (χ0v) is 10.2. The number of anilines is 1. The van der Waals surface area contributed by atoms with E-state index in [9.17, 15) is 0 Å². The van der Waals surface area contributed by atoms with Gasteiger partial charge in [0.2, 0.25) is 0 Å². The lowest BCUT2D eigenvalue weighted by atomic mass is 10.2. The monoisotopic (exact) mass is 244 g/mol. The van der Waals surface area contributed by atoms with E-state index in [4.69, 9.17) is 5.26 Å². The fourth-order valence-corrected chi connectivity index (χ4v) is 2.31. The lowest BCUT2D eigenvalue weighted by Gasteiger charge is -2.16. The maximum Gasteiger partial charge on any atom is 0.115 e. The molecule has 17 heavy (non-hydrogen) atoms. The van der Waals surface area contributed by atoms with Crippen LogP contribution in [-0.2, 0) is 0 Å². The third-order valence-electron chi connectivity index (χ3n) is 2.43. The highest BCUT2D eigenvalue weighted by Gasteiger charge is 2.13. The highest BCUT2D eigenvalue weighted by atomic mass is 32.1. The first-order valence-corrected chi connectivity index (χ1v) is 6.23. The van der Waals surface area contributed by atoms with Crippen LogP contribution in [0.5, 0.6) is 0 Å². The molecule has 0 aliphatic rings. The number of rotatable bonds is 4. The van der Waals surface area contributed by atoms with Crippen molar-refractivity contribution in [3.05, 3.63) is 40.6 Å². The summed E-state index contributed by atoms with van der Waals surface area (Å²) >= 11 is 1.61. The topological polar surface area (TPSA) is 61.6 Å². The van der Waals surface area contributed by atoms with Crippen LogP contribution in [0.2, 0.25) is 0 Å². The number of pyridine rings is 1. The summed E-state index contributed by atoms with van der Waals surface area (Å²) in [6.07, 6.45) is 6.00. The summed E-state index contributed by atoms with van der Waals surface area (Å²) in [5.74, 6) is 0.